The van der Waals surface area contributed by atoms with Crippen LogP contribution in [0.25, 0.3) is 11.0 Å². The average molecular weight is 424 g/mol. The molecular formula is C14H9ClF3N3O3S2. The summed E-state index contributed by atoms with van der Waals surface area (Å²) in [6.45, 7) is -1.20. The number of alkyl halides is 3. The SMILES string of the molecule is O=c1cc(CSc2nnc(NCC(F)(F)F)s2)c2cc(Cl)c(O)cc2o1. The third-order valence-corrected chi connectivity index (χ3v) is 5.46. The summed E-state index contributed by atoms with van der Waals surface area (Å²) in [5.41, 5.74) is 0.169. The van der Waals surface area contributed by atoms with Gasteiger partial charge >= 0.3 is 11.8 Å². The van der Waals surface area contributed by atoms with Crippen molar-refractivity contribution in [2.45, 2.75) is 16.3 Å². The van der Waals surface area contributed by atoms with Crippen molar-refractivity contribution in [3.05, 3.63) is 39.2 Å². The Morgan fingerprint density at radius 1 is 1.31 bits per heavy atom. The van der Waals surface area contributed by atoms with Crippen molar-refractivity contribution in [2.24, 2.45) is 0 Å². The molecule has 2 heterocycles. The van der Waals surface area contributed by atoms with Gasteiger partial charge in [0.15, 0.2) is 4.34 Å². The van der Waals surface area contributed by atoms with E-state index in [1.165, 1.54) is 30.0 Å². The Bertz CT molecular complexity index is 1010. The minimum atomic E-state index is -4.35. The number of hydrogen-bond acceptors (Lipinski definition) is 8. The Morgan fingerprint density at radius 2 is 2.08 bits per heavy atom. The number of thioether (sulfide) groups is 1. The summed E-state index contributed by atoms with van der Waals surface area (Å²) < 4.78 is 42.0. The number of fused-ring (bicyclic) bond motifs is 1. The molecule has 0 saturated carbocycles. The molecule has 12 heteroatoms. The van der Waals surface area contributed by atoms with Crippen molar-refractivity contribution < 1.29 is 22.7 Å². The second kappa shape index (κ2) is 7.33. The fraction of sp³-hybridized carbons (Fsp3) is 0.214. The van der Waals surface area contributed by atoms with Crippen LogP contribution in [0.5, 0.6) is 5.75 Å². The van der Waals surface area contributed by atoms with Crippen LogP contribution in [-0.4, -0.2) is 28.0 Å². The highest BCUT2D eigenvalue weighted by atomic mass is 35.5. The van der Waals surface area contributed by atoms with Gasteiger partial charge in [-0.3, -0.25) is 0 Å². The standard InChI is InChI=1S/C14H9ClF3N3O3S2/c15-8-2-7-6(1-11(23)24-10(7)3-9(8)22)4-25-13-21-20-12(26-13)19-5-14(16,17)18/h1-3,22H,4-5H2,(H,19,20). The number of phenolic OH excluding ortho intramolecular Hbond substituents is 1. The molecule has 1 aromatic carbocycles. The van der Waals surface area contributed by atoms with Gasteiger partial charge < -0.3 is 14.8 Å². The highest BCUT2D eigenvalue weighted by Gasteiger charge is 2.27. The molecule has 0 aliphatic heterocycles. The molecule has 26 heavy (non-hydrogen) atoms. The molecule has 0 atom stereocenters. The molecule has 2 aromatic heterocycles. The lowest BCUT2D eigenvalue weighted by Gasteiger charge is -2.06. The van der Waals surface area contributed by atoms with E-state index in [0.717, 1.165) is 11.3 Å². The van der Waals surface area contributed by atoms with E-state index in [4.69, 9.17) is 16.0 Å². The summed E-state index contributed by atoms with van der Waals surface area (Å²) in [4.78, 5) is 11.7. The molecule has 0 amide bonds. The number of benzene rings is 1. The van der Waals surface area contributed by atoms with Gasteiger partial charge in [0.2, 0.25) is 5.13 Å². The summed E-state index contributed by atoms with van der Waals surface area (Å²) in [5, 5.41) is 19.9. The van der Waals surface area contributed by atoms with Crippen LogP contribution in [0, 0.1) is 0 Å². The van der Waals surface area contributed by atoms with Crippen molar-refractivity contribution in [2.75, 3.05) is 11.9 Å². The first-order chi connectivity index (χ1) is 12.2. The smallest absolute Gasteiger partial charge is 0.405 e. The number of nitrogens with one attached hydrogen (secondary N) is 1. The number of phenols is 1. The summed E-state index contributed by atoms with van der Waals surface area (Å²) in [7, 11) is 0. The highest BCUT2D eigenvalue weighted by molar-refractivity contribution is 8.00. The van der Waals surface area contributed by atoms with Crippen LogP contribution in [0.3, 0.4) is 0 Å². The summed E-state index contributed by atoms with van der Waals surface area (Å²) in [6.07, 6.45) is -4.35. The monoisotopic (exact) mass is 423 g/mol. The predicted octanol–water partition coefficient (Wildman–Crippen LogP) is 4.27. The van der Waals surface area contributed by atoms with Gasteiger partial charge in [0.1, 0.15) is 17.9 Å². The maximum atomic E-state index is 12.2. The first-order valence-corrected chi connectivity index (χ1v) is 9.11. The average Bonchev–Trinajstić information content (AvgIpc) is 3.00. The van der Waals surface area contributed by atoms with Gasteiger partial charge in [-0.25, -0.2) is 4.79 Å². The lowest BCUT2D eigenvalue weighted by molar-refractivity contribution is -0.115. The van der Waals surface area contributed by atoms with Crippen LogP contribution >= 0.6 is 34.7 Å². The van der Waals surface area contributed by atoms with E-state index in [1.54, 1.807) is 0 Å². The number of rotatable bonds is 5. The Hall–Kier alpha value is -1.98. The van der Waals surface area contributed by atoms with Gasteiger partial charge in [-0.05, 0) is 11.6 Å². The van der Waals surface area contributed by atoms with E-state index in [0.29, 0.717) is 15.3 Å². The quantitative estimate of drug-likeness (QED) is 0.468. The fourth-order valence-electron chi connectivity index (χ4n) is 2.01. The molecular weight excluding hydrogens is 415 g/mol. The summed E-state index contributed by atoms with van der Waals surface area (Å²) >= 11 is 8.06. The Labute approximate surface area is 157 Å². The molecule has 3 aromatic rings. The van der Waals surface area contributed by atoms with E-state index in [-0.39, 0.29) is 27.2 Å². The third kappa shape index (κ3) is 4.59. The molecule has 0 radical (unpaired) electrons. The molecule has 0 fully saturated rings. The number of halogens is 4. The minimum absolute atomic E-state index is 0.0511. The summed E-state index contributed by atoms with van der Waals surface area (Å²) in [6, 6.07) is 4.01. The number of anilines is 1. The zero-order valence-corrected chi connectivity index (χ0v) is 15.0. The van der Waals surface area contributed by atoms with Crippen LogP contribution < -0.4 is 10.9 Å². The first kappa shape index (κ1) is 18.8. The molecule has 0 aliphatic rings. The lowest BCUT2D eigenvalue weighted by atomic mass is 10.1. The second-order valence-electron chi connectivity index (χ2n) is 5.02. The predicted molar refractivity (Wildman–Crippen MR) is 93.2 cm³/mol. The molecule has 0 spiro atoms. The van der Waals surface area contributed by atoms with Gasteiger partial charge in [-0.2, -0.15) is 13.2 Å². The molecule has 0 unspecified atom stereocenters. The van der Waals surface area contributed by atoms with Gasteiger partial charge in [-0.15, -0.1) is 10.2 Å². The third-order valence-electron chi connectivity index (χ3n) is 3.10. The maximum absolute atomic E-state index is 12.2. The number of nitrogens with zero attached hydrogens (tertiary/aromatic N) is 2. The zero-order chi connectivity index (χ0) is 18.9. The van der Waals surface area contributed by atoms with Crippen molar-refractivity contribution in [3.63, 3.8) is 0 Å². The van der Waals surface area contributed by atoms with Crippen molar-refractivity contribution >= 4 is 50.8 Å². The number of aromatic hydroxyl groups is 1. The maximum Gasteiger partial charge on any atom is 0.405 e. The topological polar surface area (TPSA) is 88.2 Å². The van der Waals surface area contributed by atoms with Crippen LogP contribution in [0.4, 0.5) is 18.3 Å². The van der Waals surface area contributed by atoms with Gasteiger partial charge in [0.25, 0.3) is 0 Å². The van der Waals surface area contributed by atoms with Crippen LogP contribution in [0.1, 0.15) is 5.56 Å². The Balaban J connectivity index is 1.77. The van der Waals surface area contributed by atoms with E-state index < -0.39 is 18.3 Å². The molecule has 0 aliphatic carbocycles. The minimum Gasteiger partial charge on any atom is -0.506 e. The summed E-state index contributed by atoms with van der Waals surface area (Å²) in [5.74, 6) is 0.0773. The van der Waals surface area contributed by atoms with E-state index in [9.17, 15) is 23.1 Å². The molecule has 0 bridgehead atoms. The first-order valence-electron chi connectivity index (χ1n) is 6.93. The van der Waals surface area contributed by atoms with E-state index >= 15 is 0 Å². The lowest BCUT2D eigenvalue weighted by Crippen LogP contribution is -2.21. The van der Waals surface area contributed by atoms with Crippen molar-refractivity contribution in [1.29, 1.82) is 0 Å². The highest BCUT2D eigenvalue weighted by Crippen LogP contribution is 2.34. The van der Waals surface area contributed by atoms with Gasteiger partial charge in [-0.1, -0.05) is 34.7 Å². The Morgan fingerprint density at radius 3 is 2.81 bits per heavy atom. The zero-order valence-electron chi connectivity index (χ0n) is 12.6. The van der Waals surface area contributed by atoms with Crippen molar-refractivity contribution in [1.82, 2.24) is 10.2 Å². The normalized spacial score (nSPS) is 11.8. The van der Waals surface area contributed by atoms with Crippen LogP contribution in [-0.2, 0) is 5.75 Å². The molecule has 0 saturated heterocycles. The second-order valence-corrected chi connectivity index (χ2v) is 7.63. The molecule has 3 rings (SSSR count). The number of hydrogen-bond donors (Lipinski definition) is 2. The van der Waals surface area contributed by atoms with Gasteiger partial charge in [0.05, 0.1) is 5.02 Å². The molecule has 138 valence electrons. The van der Waals surface area contributed by atoms with Crippen LogP contribution in [0.2, 0.25) is 5.02 Å². The van der Waals surface area contributed by atoms with E-state index in [1.807, 2.05) is 0 Å². The Kier molecular flexibility index (Phi) is 5.30. The van der Waals surface area contributed by atoms with Crippen LogP contribution in [0.15, 0.2) is 31.8 Å². The molecule has 2 N–H and O–H groups in total. The van der Waals surface area contributed by atoms with Crippen molar-refractivity contribution in [3.8, 4) is 5.75 Å². The van der Waals surface area contributed by atoms with Gasteiger partial charge in [0, 0.05) is 23.3 Å². The fourth-order valence-corrected chi connectivity index (χ4v) is 3.91. The van der Waals surface area contributed by atoms with E-state index in [2.05, 4.69) is 15.5 Å². The number of aromatic nitrogens is 2. The largest absolute Gasteiger partial charge is 0.506 e. The molecule has 6 nitrogen and oxygen atoms in total.